The predicted molar refractivity (Wildman–Crippen MR) is 74.0 cm³/mol. The Labute approximate surface area is 116 Å². The Morgan fingerprint density at radius 2 is 2.00 bits per heavy atom. The second-order valence-electron chi connectivity index (χ2n) is 4.15. The first kappa shape index (κ1) is 13.9. The minimum atomic E-state index is -0.323. The van der Waals surface area contributed by atoms with Crippen LogP contribution in [0.1, 0.15) is 16.1 Å². The number of nitrogens with one attached hydrogen (secondary N) is 2. The second kappa shape index (κ2) is 6.60. The lowest BCUT2D eigenvalue weighted by Gasteiger charge is -2.05. The zero-order chi connectivity index (χ0) is 14.4. The summed E-state index contributed by atoms with van der Waals surface area (Å²) in [5.41, 5.74) is 0.807. The summed E-state index contributed by atoms with van der Waals surface area (Å²) in [6, 6.07) is 9.75. The van der Waals surface area contributed by atoms with Crippen molar-refractivity contribution in [2.75, 3.05) is 18.9 Å². The van der Waals surface area contributed by atoms with Gasteiger partial charge in [-0.25, -0.2) is 4.39 Å². The van der Waals surface area contributed by atoms with E-state index in [0.29, 0.717) is 24.3 Å². The van der Waals surface area contributed by atoms with Crippen molar-refractivity contribution in [1.82, 2.24) is 15.5 Å². The highest BCUT2D eigenvalue weighted by molar-refractivity contribution is 5.92. The molecule has 5 nitrogen and oxygen atoms in total. The number of aromatic nitrogens is 2. The van der Waals surface area contributed by atoms with Crippen LogP contribution >= 0.6 is 0 Å². The van der Waals surface area contributed by atoms with Gasteiger partial charge < -0.3 is 10.6 Å². The van der Waals surface area contributed by atoms with Crippen LogP contribution in [0.3, 0.4) is 0 Å². The van der Waals surface area contributed by atoms with Gasteiger partial charge in [-0.15, -0.1) is 10.2 Å². The SMILES string of the molecule is CNc1ccc(C(=O)NCCc2ccccc2F)nn1. The van der Waals surface area contributed by atoms with Crippen LogP contribution < -0.4 is 10.6 Å². The Balaban J connectivity index is 1.87. The van der Waals surface area contributed by atoms with Crippen LogP contribution in [0.25, 0.3) is 0 Å². The van der Waals surface area contributed by atoms with Crippen LogP contribution in [0.15, 0.2) is 36.4 Å². The Kier molecular flexibility index (Phi) is 4.60. The fraction of sp³-hybridized carbons (Fsp3) is 0.214. The Morgan fingerprint density at radius 3 is 2.65 bits per heavy atom. The zero-order valence-corrected chi connectivity index (χ0v) is 11.1. The molecule has 104 valence electrons. The van der Waals surface area contributed by atoms with E-state index in [0.717, 1.165) is 0 Å². The summed E-state index contributed by atoms with van der Waals surface area (Å²) < 4.78 is 13.4. The highest BCUT2D eigenvalue weighted by Gasteiger charge is 2.08. The smallest absolute Gasteiger partial charge is 0.271 e. The Bertz CT molecular complexity index is 586. The van der Waals surface area contributed by atoms with Crippen LogP contribution in [0.2, 0.25) is 0 Å². The van der Waals surface area contributed by atoms with Crippen molar-refractivity contribution in [3.05, 3.63) is 53.5 Å². The van der Waals surface area contributed by atoms with Crippen molar-refractivity contribution in [3.63, 3.8) is 0 Å². The molecule has 0 saturated heterocycles. The quantitative estimate of drug-likeness (QED) is 0.869. The first-order valence-corrected chi connectivity index (χ1v) is 6.24. The summed E-state index contributed by atoms with van der Waals surface area (Å²) in [6.07, 6.45) is 0.431. The Morgan fingerprint density at radius 1 is 1.20 bits per heavy atom. The third-order valence-electron chi connectivity index (χ3n) is 2.79. The van der Waals surface area contributed by atoms with E-state index in [1.807, 2.05) is 0 Å². The normalized spacial score (nSPS) is 10.1. The number of amides is 1. The lowest BCUT2D eigenvalue weighted by atomic mass is 10.1. The van der Waals surface area contributed by atoms with Gasteiger partial charge in [0.1, 0.15) is 11.6 Å². The van der Waals surface area contributed by atoms with Crippen LogP contribution in [-0.2, 0) is 6.42 Å². The van der Waals surface area contributed by atoms with Crippen molar-refractivity contribution in [1.29, 1.82) is 0 Å². The van der Waals surface area contributed by atoms with Gasteiger partial charge in [0.05, 0.1) is 0 Å². The van der Waals surface area contributed by atoms with Crippen molar-refractivity contribution < 1.29 is 9.18 Å². The summed E-state index contributed by atoms with van der Waals surface area (Å²) in [5.74, 6) is 0.00399. The molecule has 1 aromatic carbocycles. The van der Waals surface area contributed by atoms with Gasteiger partial charge in [-0.3, -0.25) is 4.79 Å². The maximum atomic E-state index is 13.4. The molecule has 0 aliphatic heterocycles. The third kappa shape index (κ3) is 3.50. The fourth-order valence-corrected chi connectivity index (χ4v) is 1.69. The average molecular weight is 274 g/mol. The second-order valence-corrected chi connectivity index (χ2v) is 4.15. The molecule has 0 unspecified atom stereocenters. The summed E-state index contributed by atoms with van der Waals surface area (Å²) in [4.78, 5) is 11.8. The van der Waals surface area contributed by atoms with E-state index in [4.69, 9.17) is 0 Å². The number of anilines is 1. The number of carbonyl (C=O) groups is 1. The van der Waals surface area contributed by atoms with Crippen LogP contribution in [0.4, 0.5) is 10.2 Å². The van der Waals surface area contributed by atoms with Crippen LogP contribution in [-0.4, -0.2) is 29.7 Å². The summed E-state index contributed by atoms with van der Waals surface area (Å²) in [6.45, 7) is 0.342. The molecule has 20 heavy (non-hydrogen) atoms. The number of halogens is 1. The average Bonchev–Trinajstić information content (AvgIpc) is 2.49. The predicted octanol–water partition coefficient (Wildman–Crippen LogP) is 1.63. The lowest BCUT2D eigenvalue weighted by molar-refractivity contribution is 0.0948. The maximum absolute atomic E-state index is 13.4. The molecule has 0 aliphatic carbocycles. The molecule has 2 rings (SSSR count). The fourth-order valence-electron chi connectivity index (χ4n) is 1.69. The molecule has 0 bridgehead atoms. The monoisotopic (exact) mass is 274 g/mol. The van der Waals surface area contributed by atoms with Gasteiger partial charge in [-0.2, -0.15) is 0 Å². The van der Waals surface area contributed by atoms with E-state index >= 15 is 0 Å². The van der Waals surface area contributed by atoms with E-state index in [9.17, 15) is 9.18 Å². The largest absolute Gasteiger partial charge is 0.372 e. The number of carbonyl (C=O) groups excluding carboxylic acids is 1. The van der Waals surface area contributed by atoms with Crippen LogP contribution in [0.5, 0.6) is 0 Å². The maximum Gasteiger partial charge on any atom is 0.271 e. The highest BCUT2D eigenvalue weighted by atomic mass is 19.1. The van der Waals surface area contributed by atoms with Crippen molar-refractivity contribution in [3.8, 4) is 0 Å². The molecule has 1 aromatic heterocycles. The van der Waals surface area contributed by atoms with E-state index in [1.54, 1.807) is 37.4 Å². The molecule has 1 amide bonds. The van der Waals surface area contributed by atoms with Gasteiger partial charge in [0.15, 0.2) is 5.69 Å². The molecule has 0 radical (unpaired) electrons. The van der Waals surface area contributed by atoms with E-state index in [2.05, 4.69) is 20.8 Å². The number of hydrogen-bond acceptors (Lipinski definition) is 4. The molecule has 2 aromatic rings. The molecule has 2 N–H and O–H groups in total. The van der Waals surface area contributed by atoms with E-state index in [1.165, 1.54) is 6.07 Å². The molecule has 0 aliphatic rings. The first-order chi connectivity index (χ1) is 9.70. The number of rotatable bonds is 5. The highest BCUT2D eigenvalue weighted by Crippen LogP contribution is 2.06. The number of nitrogens with zero attached hydrogens (tertiary/aromatic N) is 2. The molecule has 6 heteroatoms. The zero-order valence-electron chi connectivity index (χ0n) is 11.1. The minimum absolute atomic E-state index is 0.234. The minimum Gasteiger partial charge on any atom is -0.372 e. The van der Waals surface area contributed by atoms with Gasteiger partial charge in [-0.1, -0.05) is 18.2 Å². The van der Waals surface area contributed by atoms with E-state index < -0.39 is 0 Å². The standard InChI is InChI=1S/C14H15FN4O/c1-16-13-7-6-12(18-19-13)14(20)17-9-8-10-4-2-3-5-11(10)15/h2-7H,8-9H2,1H3,(H,16,19)(H,17,20). The van der Waals surface area contributed by atoms with Crippen LogP contribution in [0, 0.1) is 5.82 Å². The lowest BCUT2D eigenvalue weighted by Crippen LogP contribution is -2.27. The first-order valence-electron chi connectivity index (χ1n) is 6.24. The number of benzene rings is 1. The molecular formula is C14H15FN4O. The van der Waals surface area contributed by atoms with Gasteiger partial charge in [0, 0.05) is 13.6 Å². The Hall–Kier alpha value is -2.50. The molecule has 0 spiro atoms. The van der Waals surface area contributed by atoms with Gasteiger partial charge in [-0.05, 0) is 30.2 Å². The molecule has 0 saturated carbocycles. The molecule has 1 heterocycles. The molecule has 0 fully saturated rings. The summed E-state index contributed by atoms with van der Waals surface area (Å²) in [7, 11) is 1.72. The summed E-state index contributed by atoms with van der Waals surface area (Å²) in [5, 5.41) is 13.1. The molecule has 0 atom stereocenters. The topological polar surface area (TPSA) is 66.9 Å². The van der Waals surface area contributed by atoms with Gasteiger partial charge >= 0.3 is 0 Å². The summed E-state index contributed by atoms with van der Waals surface area (Å²) >= 11 is 0. The number of hydrogen-bond donors (Lipinski definition) is 2. The molecular weight excluding hydrogens is 259 g/mol. The van der Waals surface area contributed by atoms with Crippen molar-refractivity contribution in [2.24, 2.45) is 0 Å². The van der Waals surface area contributed by atoms with Gasteiger partial charge in [0.2, 0.25) is 0 Å². The van der Waals surface area contributed by atoms with E-state index in [-0.39, 0.29) is 17.4 Å². The van der Waals surface area contributed by atoms with Crippen molar-refractivity contribution >= 4 is 11.7 Å². The van der Waals surface area contributed by atoms with Crippen molar-refractivity contribution in [2.45, 2.75) is 6.42 Å². The third-order valence-corrected chi connectivity index (χ3v) is 2.79. The van der Waals surface area contributed by atoms with Gasteiger partial charge in [0.25, 0.3) is 5.91 Å².